The van der Waals surface area contributed by atoms with Gasteiger partial charge in [0.2, 0.25) is 0 Å². The van der Waals surface area contributed by atoms with Crippen LogP contribution in [-0.4, -0.2) is 54.9 Å². The molecular formula is C11H24N4. The molecule has 0 aromatic carbocycles. The van der Waals surface area contributed by atoms with Gasteiger partial charge in [-0.2, -0.15) is 0 Å². The van der Waals surface area contributed by atoms with Crippen molar-refractivity contribution in [3.05, 3.63) is 0 Å². The summed E-state index contributed by atoms with van der Waals surface area (Å²) in [6.45, 7) is 6.46. The van der Waals surface area contributed by atoms with Crippen LogP contribution in [0.2, 0.25) is 0 Å². The second-order valence-corrected chi connectivity index (χ2v) is 4.84. The zero-order valence-corrected chi connectivity index (χ0v) is 10.3. The van der Waals surface area contributed by atoms with Crippen molar-refractivity contribution in [3.8, 4) is 0 Å². The van der Waals surface area contributed by atoms with Gasteiger partial charge in [-0.05, 0) is 26.4 Å². The Morgan fingerprint density at radius 3 is 2.47 bits per heavy atom. The number of nitrogens with one attached hydrogen (secondary N) is 1. The van der Waals surface area contributed by atoms with E-state index in [-0.39, 0.29) is 6.04 Å². The van der Waals surface area contributed by atoms with Gasteiger partial charge in [-0.1, -0.05) is 13.8 Å². The van der Waals surface area contributed by atoms with Gasteiger partial charge < -0.3 is 10.6 Å². The van der Waals surface area contributed by atoms with E-state index in [1.54, 1.807) is 0 Å². The summed E-state index contributed by atoms with van der Waals surface area (Å²) in [6, 6.07) is 0.732. The third kappa shape index (κ3) is 2.69. The van der Waals surface area contributed by atoms with Crippen molar-refractivity contribution >= 4 is 5.84 Å². The van der Waals surface area contributed by atoms with Crippen LogP contribution < -0.4 is 5.73 Å². The van der Waals surface area contributed by atoms with E-state index in [0.29, 0.717) is 17.8 Å². The molecule has 0 amide bonds. The maximum atomic E-state index is 7.58. The van der Waals surface area contributed by atoms with Gasteiger partial charge in [-0.25, -0.2) is 0 Å². The van der Waals surface area contributed by atoms with Crippen LogP contribution >= 0.6 is 0 Å². The maximum absolute atomic E-state index is 7.58. The molecule has 3 atom stereocenters. The first-order chi connectivity index (χ1) is 6.97. The van der Waals surface area contributed by atoms with Crippen molar-refractivity contribution < 1.29 is 0 Å². The summed E-state index contributed by atoms with van der Waals surface area (Å²) < 4.78 is 0. The van der Waals surface area contributed by atoms with Crippen LogP contribution in [0.25, 0.3) is 0 Å². The molecule has 4 nitrogen and oxygen atoms in total. The SMILES string of the molecule is CCC(C(=N)N)N1CC(C)C(N(C)C)C1. The topological polar surface area (TPSA) is 56.4 Å². The first-order valence-corrected chi connectivity index (χ1v) is 5.71. The summed E-state index contributed by atoms with van der Waals surface area (Å²) in [6.07, 6.45) is 0.933. The molecule has 3 unspecified atom stereocenters. The largest absolute Gasteiger partial charge is 0.386 e. The van der Waals surface area contributed by atoms with Crippen LogP contribution in [0.3, 0.4) is 0 Å². The highest BCUT2D eigenvalue weighted by Crippen LogP contribution is 2.22. The maximum Gasteiger partial charge on any atom is 0.108 e. The normalized spacial score (nSPS) is 29.7. The van der Waals surface area contributed by atoms with Gasteiger partial charge in [0.05, 0.1) is 6.04 Å². The summed E-state index contributed by atoms with van der Waals surface area (Å²) in [5.74, 6) is 0.970. The number of hydrogen-bond donors (Lipinski definition) is 2. The van der Waals surface area contributed by atoms with Crippen LogP contribution in [0.5, 0.6) is 0 Å². The molecule has 0 aromatic rings. The zero-order chi connectivity index (χ0) is 11.6. The van der Waals surface area contributed by atoms with Crippen LogP contribution in [0, 0.1) is 11.3 Å². The molecule has 0 aromatic heterocycles. The van der Waals surface area contributed by atoms with Crippen molar-refractivity contribution in [2.75, 3.05) is 27.2 Å². The third-order valence-corrected chi connectivity index (χ3v) is 3.45. The van der Waals surface area contributed by atoms with Gasteiger partial charge in [-0.15, -0.1) is 0 Å². The lowest BCUT2D eigenvalue weighted by Crippen LogP contribution is -2.44. The summed E-state index contributed by atoms with van der Waals surface area (Å²) in [5.41, 5.74) is 5.62. The Labute approximate surface area is 92.9 Å². The Bertz CT molecular complexity index is 227. The van der Waals surface area contributed by atoms with Crippen molar-refractivity contribution in [2.24, 2.45) is 11.7 Å². The molecule has 4 heteroatoms. The lowest BCUT2D eigenvalue weighted by atomic mass is 10.1. The first-order valence-electron chi connectivity index (χ1n) is 5.71. The highest BCUT2D eigenvalue weighted by atomic mass is 15.3. The molecule has 15 heavy (non-hydrogen) atoms. The third-order valence-electron chi connectivity index (χ3n) is 3.45. The standard InChI is InChI=1S/C11H24N4/c1-5-9(11(12)13)15-6-8(2)10(7-15)14(3)4/h8-10H,5-7H2,1-4H3,(H3,12,13). The van der Waals surface area contributed by atoms with Crippen LogP contribution in [0.15, 0.2) is 0 Å². The molecule has 1 rings (SSSR count). The smallest absolute Gasteiger partial charge is 0.108 e. The summed E-state index contributed by atoms with van der Waals surface area (Å²) in [7, 11) is 4.25. The molecule has 1 fully saturated rings. The van der Waals surface area contributed by atoms with E-state index < -0.39 is 0 Å². The molecule has 3 N–H and O–H groups in total. The van der Waals surface area contributed by atoms with E-state index in [1.807, 2.05) is 0 Å². The molecule has 0 saturated carbocycles. The number of hydrogen-bond acceptors (Lipinski definition) is 3. The number of likely N-dealkylation sites (N-methyl/N-ethyl adjacent to an activating group) is 1. The summed E-state index contributed by atoms with van der Waals surface area (Å²) in [5, 5.41) is 7.58. The lowest BCUT2D eigenvalue weighted by molar-refractivity contribution is 0.240. The number of amidine groups is 1. The van der Waals surface area contributed by atoms with Crippen LogP contribution in [0.4, 0.5) is 0 Å². The predicted molar refractivity (Wildman–Crippen MR) is 64.2 cm³/mol. The molecule has 1 aliphatic rings. The molecular weight excluding hydrogens is 188 g/mol. The van der Waals surface area contributed by atoms with E-state index in [9.17, 15) is 0 Å². The van der Waals surface area contributed by atoms with Gasteiger partial charge in [0.25, 0.3) is 0 Å². The van der Waals surface area contributed by atoms with E-state index in [2.05, 4.69) is 37.7 Å². The molecule has 0 aliphatic carbocycles. The van der Waals surface area contributed by atoms with E-state index in [1.165, 1.54) is 0 Å². The van der Waals surface area contributed by atoms with Crippen molar-refractivity contribution in [1.29, 1.82) is 5.41 Å². The van der Waals surface area contributed by atoms with Gasteiger partial charge in [0.15, 0.2) is 0 Å². The number of rotatable bonds is 4. The molecule has 0 bridgehead atoms. The van der Waals surface area contributed by atoms with Gasteiger partial charge in [0.1, 0.15) is 5.84 Å². The fourth-order valence-corrected chi connectivity index (χ4v) is 2.59. The quantitative estimate of drug-likeness (QED) is 0.529. The van der Waals surface area contributed by atoms with Crippen LogP contribution in [0.1, 0.15) is 20.3 Å². The van der Waals surface area contributed by atoms with Crippen molar-refractivity contribution in [2.45, 2.75) is 32.4 Å². The highest BCUT2D eigenvalue weighted by molar-refractivity contribution is 5.82. The lowest BCUT2D eigenvalue weighted by Gasteiger charge is -2.26. The second kappa shape index (κ2) is 4.94. The minimum Gasteiger partial charge on any atom is -0.386 e. The first kappa shape index (κ1) is 12.5. The number of likely N-dealkylation sites (tertiary alicyclic amines) is 1. The summed E-state index contributed by atoms with van der Waals surface area (Å²) >= 11 is 0. The molecule has 0 spiro atoms. The molecule has 1 heterocycles. The highest BCUT2D eigenvalue weighted by Gasteiger charge is 2.34. The number of nitrogens with zero attached hydrogens (tertiary/aromatic N) is 2. The van der Waals surface area contributed by atoms with Crippen molar-refractivity contribution in [3.63, 3.8) is 0 Å². The van der Waals surface area contributed by atoms with Gasteiger partial charge in [-0.3, -0.25) is 10.3 Å². The average Bonchev–Trinajstić information content (AvgIpc) is 2.48. The fourth-order valence-electron chi connectivity index (χ4n) is 2.59. The van der Waals surface area contributed by atoms with Crippen molar-refractivity contribution in [1.82, 2.24) is 9.80 Å². The molecule has 88 valence electrons. The molecule has 0 radical (unpaired) electrons. The van der Waals surface area contributed by atoms with Gasteiger partial charge >= 0.3 is 0 Å². The zero-order valence-electron chi connectivity index (χ0n) is 10.3. The Balaban J connectivity index is 2.64. The Hall–Kier alpha value is -0.610. The monoisotopic (exact) mass is 212 g/mol. The van der Waals surface area contributed by atoms with E-state index in [0.717, 1.165) is 19.5 Å². The Kier molecular flexibility index (Phi) is 4.11. The molecule has 1 aliphatic heterocycles. The molecule has 1 saturated heterocycles. The van der Waals surface area contributed by atoms with E-state index >= 15 is 0 Å². The predicted octanol–water partition coefficient (Wildman–Crippen LogP) is 0.583. The van der Waals surface area contributed by atoms with E-state index in [4.69, 9.17) is 11.1 Å². The average molecular weight is 212 g/mol. The second-order valence-electron chi connectivity index (χ2n) is 4.84. The number of nitrogens with two attached hydrogens (primary N) is 1. The minimum atomic E-state index is 0.136. The van der Waals surface area contributed by atoms with Gasteiger partial charge in [0, 0.05) is 19.1 Å². The Morgan fingerprint density at radius 2 is 2.13 bits per heavy atom. The minimum absolute atomic E-state index is 0.136. The summed E-state index contributed by atoms with van der Waals surface area (Å²) in [4.78, 5) is 4.62. The van der Waals surface area contributed by atoms with Crippen LogP contribution in [-0.2, 0) is 0 Å². The fraction of sp³-hybridized carbons (Fsp3) is 0.909. The Morgan fingerprint density at radius 1 is 1.53 bits per heavy atom.